The molecule has 2 aliphatic rings. The first-order valence-electron chi connectivity index (χ1n) is 10.5. The maximum absolute atomic E-state index is 13.4. The van der Waals surface area contributed by atoms with Crippen LogP contribution >= 0.6 is 0 Å². The van der Waals surface area contributed by atoms with Crippen LogP contribution in [0, 0.1) is 5.92 Å². The van der Waals surface area contributed by atoms with Crippen molar-refractivity contribution in [3.8, 4) is 0 Å². The van der Waals surface area contributed by atoms with Crippen LogP contribution < -0.4 is 11.1 Å². The van der Waals surface area contributed by atoms with E-state index in [4.69, 9.17) is 10.5 Å². The van der Waals surface area contributed by atoms with Gasteiger partial charge in [0.15, 0.2) is 5.65 Å². The lowest BCUT2D eigenvalue weighted by Crippen LogP contribution is -2.40. The zero-order valence-electron chi connectivity index (χ0n) is 17.6. The molecule has 1 aliphatic heterocycles. The lowest BCUT2D eigenvalue weighted by Gasteiger charge is -2.31. The minimum absolute atomic E-state index is 0.0756. The highest BCUT2D eigenvalue weighted by Gasteiger charge is 2.39. The van der Waals surface area contributed by atoms with Crippen molar-refractivity contribution in [3.05, 3.63) is 29.7 Å². The van der Waals surface area contributed by atoms with E-state index in [1.165, 1.54) is 12.0 Å². The van der Waals surface area contributed by atoms with Crippen molar-refractivity contribution in [1.29, 1.82) is 0 Å². The van der Waals surface area contributed by atoms with E-state index in [1.54, 1.807) is 23.0 Å². The van der Waals surface area contributed by atoms with Gasteiger partial charge in [-0.1, -0.05) is 0 Å². The van der Waals surface area contributed by atoms with Crippen molar-refractivity contribution in [1.82, 2.24) is 24.8 Å². The molecule has 32 heavy (non-hydrogen) atoms. The molecule has 0 bridgehead atoms. The van der Waals surface area contributed by atoms with E-state index < -0.39 is 36.7 Å². The highest BCUT2D eigenvalue weighted by atomic mass is 19.3. The maximum atomic E-state index is 13.4. The first kappa shape index (κ1) is 22.7. The van der Waals surface area contributed by atoms with Crippen LogP contribution in [-0.4, -0.2) is 63.8 Å². The molecule has 3 atom stereocenters. The number of rotatable bonds is 7. The molecule has 2 aromatic rings. The normalized spacial score (nSPS) is 23.7. The molecule has 1 aliphatic carbocycles. The average molecular weight is 458 g/mol. The standard InChI is InChI=1S/C20H26F4N6O2/c1-32-16(29-9-14(18(21)22)28-19(29)31)7-11-6-15-27-13(10-30(15)26-8-11)17(25)12-2-4-20(23,24)5-3-12/h6,8,10,12,14,16-18H,2-5,7,9,25H2,1H3,(H,28,31)/t14-,16-,17-/m0/s1. The molecule has 176 valence electrons. The zero-order valence-corrected chi connectivity index (χ0v) is 17.6. The molecule has 2 fully saturated rings. The lowest BCUT2D eigenvalue weighted by atomic mass is 9.81. The lowest BCUT2D eigenvalue weighted by molar-refractivity contribution is -0.0484. The maximum Gasteiger partial charge on any atom is 0.320 e. The molecule has 2 amide bonds. The second-order valence-corrected chi connectivity index (χ2v) is 8.49. The van der Waals surface area contributed by atoms with Crippen molar-refractivity contribution < 1.29 is 27.1 Å². The van der Waals surface area contributed by atoms with Gasteiger partial charge >= 0.3 is 6.03 Å². The van der Waals surface area contributed by atoms with Crippen LogP contribution in [0.4, 0.5) is 22.4 Å². The zero-order chi connectivity index (χ0) is 23.0. The highest BCUT2D eigenvalue weighted by Crippen LogP contribution is 2.40. The van der Waals surface area contributed by atoms with Crippen LogP contribution in [0.15, 0.2) is 18.5 Å². The highest BCUT2D eigenvalue weighted by molar-refractivity contribution is 5.77. The van der Waals surface area contributed by atoms with Gasteiger partial charge in [-0.05, 0) is 30.4 Å². The largest absolute Gasteiger partial charge is 0.361 e. The molecular weight excluding hydrogens is 432 g/mol. The van der Waals surface area contributed by atoms with Gasteiger partial charge in [0.1, 0.15) is 12.3 Å². The van der Waals surface area contributed by atoms with Crippen LogP contribution in [0.3, 0.4) is 0 Å². The number of hydrogen-bond donors (Lipinski definition) is 2. The third kappa shape index (κ3) is 4.65. The Balaban J connectivity index is 1.46. The number of ether oxygens (including phenoxy) is 1. The summed E-state index contributed by atoms with van der Waals surface area (Å²) in [4.78, 5) is 17.8. The Hall–Kier alpha value is -2.47. The van der Waals surface area contributed by atoms with Gasteiger partial charge in [0, 0.05) is 26.4 Å². The molecule has 0 aromatic carbocycles. The smallest absolute Gasteiger partial charge is 0.320 e. The van der Waals surface area contributed by atoms with Gasteiger partial charge in [0.25, 0.3) is 6.43 Å². The van der Waals surface area contributed by atoms with Crippen molar-refractivity contribution in [2.24, 2.45) is 11.7 Å². The number of halogens is 4. The number of carbonyl (C=O) groups is 1. The Labute approximate surface area is 182 Å². The minimum atomic E-state index is -2.66. The summed E-state index contributed by atoms with van der Waals surface area (Å²) in [5.74, 6) is -2.70. The number of aromatic nitrogens is 3. The quantitative estimate of drug-likeness (QED) is 0.622. The van der Waals surface area contributed by atoms with Crippen molar-refractivity contribution in [2.45, 2.75) is 62.8 Å². The Morgan fingerprint density at radius 1 is 1.34 bits per heavy atom. The van der Waals surface area contributed by atoms with E-state index in [-0.39, 0.29) is 31.7 Å². The molecule has 2 aromatic heterocycles. The number of hydrogen-bond acceptors (Lipinski definition) is 5. The fourth-order valence-electron chi connectivity index (χ4n) is 4.36. The SMILES string of the molecule is CO[C@@H](Cc1cnn2cc([C@@H](N)C3CCC(F)(F)CC3)nc2c1)N1C[C@@H](C(F)F)NC1=O. The summed E-state index contributed by atoms with van der Waals surface area (Å²) in [7, 11) is 1.40. The van der Waals surface area contributed by atoms with Crippen LogP contribution in [0.25, 0.3) is 5.65 Å². The molecule has 4 rings (SSSR count). The summed E-state index contributed by atoms with van der Waals surface area (Å²) < 4.78 is 59.7. The van der Waals surface area contributed by atoms with E-state index >= 15 is 0 Å². The third-order valence-corrected chi connectivity index (χ3v) is 6.30. The second kappa shape index (κ2) is 8.81. The number of nitrogens with one attached hydrogen (secondary N) is 1. The van der Waals surface area contributed by atoms with Crippen molar-refractivity contribution >= 4 is 11.7 Å². The summed E-state index contributed by atoms with van der Waals surface area (Å²) in [5, 5.41) is 6.56. The second-order valence-electron chi connectivity index (χ2n) is 8.49. The van der Waals surface area contributed by atoms with Gasteiger partial charge in [0.05, 0.1) is 30.7 Å². The Morgan fingerprint density at radius 3 is 2.69 bits per heavy atom. The number of carbonyl (C=O) groups excluding carboxylic acids is 1. The molecule has 12 heteroatoms. The topological polar surface area (TPSA) is 97.8 Å². The first-order chi connectivity index (χ1) is 15.2. The Morgan fingerprint density at radius 2 is 2.06 bits per heavy atom. The molecule has 8 nitrogen and oxygen atoms in total. The number of nitrogens with two attached hydrogens (primary N) is 1. The van der Waals surface area contributed by atoms with E-state index in [0.29, 0.717) is 29.7 Å². The number of urea groups is 1. The van der Waals surface area contributed by atoms with Crippen LogP contribution in [-0.2, 0) is 11.2 Å². The van der Waals surface area contributed by atoms with Crippen molar-refractivity contribution in [2.75, 3.05) is 13.7 Å². The third-order valence-electron chi connectivity index (χ3n) is 6.30. The minimum Gasteiger partial charge on any atom is -0.361 e. The van der Waals surface area contributed by atoms with E-state index in [2.05, 4.69) is 15.4 Å². The summed E-state index contributed by atoms with van der Waals surface area (Å²) in [5.41, 5.74) is 8.10. The molecule has 0 radical (unpaired) electrons. The summed E-state index contributed by atoms with van der Waals surface area (Å²) >= 11 is 0. The Bertz CT molecular complexity index is 961. The molecule has 0 spiro atoms. The first-order valence-corrected chi connectivity index (χ1v) is 10.5. The van der Waals surface area contributed by atoms with Gasteiger partial charge in [-0.15, -0.1) is 0 Å². The molecular formula is C20H26F4N6O2. The van der Waals surface area contributed by atoms with Crippen LogP contribution in [0.1, 0.15) is 43.0 Å². The number of imidazole rings is 1. The molecule has 3 heterocycles. The predicted octanol–water partition coefficient (Wildman–Crippen LogP) is 2.73. The van der Waals surface area contributed by atoms with Crippen molar-refractivity contribution in [3.63, 3.8) is 0 Å². The Kier molecular flexibility index (Phi) is 6.26. The van der Waals surface area contributed by atoms with E-state index in [9.17, 15) is 22.4 Å². The fourth-order valence-corrected chi connectivity index (χ4v) is 4.36. The molecule has 0 unspecified atom stereocenters. The van der Waals surface area contributed by atoms with E-state index in [1.807, 2.05) is 0 Å². The number of nitrogens with zero attached hydrogens (tertiary/aromatic N) is 4. The summed E-state index contributed by atoms with van der Waals surface area (Å²) in [6.45, 7) is -0.159. The van der Waals surface area contributed by atoms with E-state index in [0.717, 1.165) is 0 Å². The predicted molar refractivity (Wildman–Crippen MR) is 106 cm³/mol. The molecule has 3 N–H and O–H groups in total. The van der Waals surface area contributed by atoms with Gasteiger partial charge in [-0.3, -0.25) is 4.90 Å². The number of alkyl halides is 4. The van der Waals surface area contributed by atoms with Crippen LogP contribution in [0.5, 0.6) is 0 Å². The molecule has 1 saturated carbocycles. The average Bonchev–Trinajstić information content (AvgIpc) is 3.35. The van der Waals surface area contributed by atoms with Gasteiger partial charge in [-0.2, -0.15) is 5.10 Å². The van der Waals surface area contributed by atoms with Gasteiger partial charge < -0.3 is 15.8 Å². The van der Waals surface area contributed by atoms with Gasteiger partial charge in [0.2, 0.25) is 5.92 Å². The molecule has 1 saturated heterocycles. The number of fused-ring (bicyclic) bond motifs is 1. The summed E-state index contributed by atoms with van der Waals surface area (Å²) in [6.07, 6.45) is 0.426. The van der Waals surface area contributed by atoms with Crippen LogP contribution in [0.2, 0.25) is 0 Å². The summed E-state index contributed by atoms with van der Waals surface area (Å²) in [6, 6.07) is -0.564. The monoisotopic (exact) mass is 458 g/mol. The number of amides is 2. The number of methoxy groups -OCH3 is 1. The fraction of sp³-hybridized carbons (Fsp3) is 0.650. The van der Waals surface area contributed by atoms with Gasteiger partial charge in [-0.25, -0.2) is 31.9 Å².